The van der Waals surface area contributed by atoms with Crippen LogP contribution in [0.2, 0.25) is 0 Å². The van der Waals surface area contributed by atoms with Crippen molar-refractivity contribution in [1.29, 1.82) is 0 Å². The topological polar surface area (TPSA) is 94.5 Å². The van der Waals surface area contributed by atoms with Gasteiger partial charge in [0.2, 0.25) is 0 Å². The number of aliphatic hydroxyl groups excluding tert-OH is 1. The molecule has 7 heteroatoms. The summed E-state index contributed by atoms with van der Waals surface area (Å²) >= 11 is 0. The first-order chi connectivity index (χ1) is 21.6. The number of carbonyl (C=O) groups excluding carboxylic acids is 1. The SMILES string of the molecule is CCCC1C(C(C)(C)CC[C@@H](CC)OC(C)(CC)[C@H]2C[C@@H](O)[C@H](OC(C)CC)C(C)O2)CC[C@]2(C)[C@@H](C3=CC(=O)OC3)CC[C@]12O. The molecule has 2 saturated carbocycles. The fourth-order valence-electron chi connectivity index (χ4n) is 9.98. The molecule has 0 amide bonds. The van der Waals surface area contributed by atoms with Crippen LogP contribution in [-0.2, 0) is 23.7 Å². The van der Waals surface area contributed by atoms with Gasteiger partial charge in [-0.2, -0.15) is 0 Å². The Morgan fingerprint density at radius 3 is 2.39 bits per heavy atom. The molecule has 0 aromatic rings. The van der Waals surface area contributed by atoms with Gasteiger partial charge in [0.25, 0.3) is 0 Å². The molecular formula is C39H68O7. The van der Waals surface area contributed by atoms with E-state index in [-0.39, 0.29) is 59.2 Å². The summed E-state index contributed by atoms with van der Waals surface area (Å²) in [6.45, 7) is 22.4. The molecule has 2 N–H and O–H groups in total. The highest BCUT2D eigenvalue weighted by Crippen LogP contribution is 2.66. The molecule has 0 spiro atoms. The number of hydrogen-bond acceptors (Lipinski definition) is 7. The van der Waals surface area contributed by atoms with Crippen LogP contribution >= 0.6 is 0 Å². The van der Waals surface area contributed by atoms with Crippen molar-refractivity contribution in [3.8, 4) is 0 Å². The van der Waals surface area contributed by atoms with Gasteiger partial charge in [0.05, 0.1) is 41.7 Å². The van der Waals surface area contributed by atoms with Gasteiger partial charge in [-0.15, -0.1) is 0 Å². The summed E-state index contributed by atoms with van der Waals surface area (Å²) in [7, 11) is 0. The van der Waals surface area contributed by atoms with Gasteiger partial charge in [-0.05, 0) is 114 Å². The lowest BCUT2D eigenvalue weighted by Crippen LogP contribution is -2.58. The number of rotatable bonds is 15. The second kappa shape index (κ2) is 14.9. The second-order valence-corrected chi connectivity index (χ2v) is 16.6. The minimum atomic E-state index is -0.742. The largest absolute Gasteiger partial charge is 0.458 e. The Morgan fingerprint density at radius 2 is 1.83 bits per heavy atom. The molecule has 1 saturated heterocycles. The Kier molecular flexibility index (Phi) is 12.2. The number of aliphatic hydroxyl groups is 2. The summed E-state index contributed by atoms with van der Waals surface area (Å²) in [5, 5.41) is 23.8. The Balaban J connectivity index is 1.44. The van der Waals surface area contributed by atoms with E-state index in [4.69, 9.17) is 18.9 Å². The summed E-state index contributed by atoms with van der Waals surface area (Å²) in [6, 6.07) is 0. The maximum Gasteiger partial charge on any atom is 0.331 e. The molecule has 5 unspecified atom stereocenters. The van der Waals surface area contributed by atoms with Crippen LogP contribution in [0.15, 0.2) is 11.6 Å². The summed E-state index contributed by atoms with van der Waals surface area (Å²) in [5.41, 5.74) is -0.369. The van der Waals surface area contributed by atoms with Crippen LogP contribution in [0.1, 0.15) is 146 Å². The molecule has 12 atom stereocenters. The molecule has 0 aromatic heterocycles. The predicted molar refractivity (Wildman–Crippen MR) is 182 cm³/mol. The third-order valence-corrected chi connectivity index (χ3v) is 13.4. The molecule has 2 aliphatic heterocycles. The fraction of sp³-hybridized carbons (Fsp3) is 0.923. The molecule has 0 radical (unpaired) electrons. The summed E-state index contributed by atoms with van der Waals surface area (Å²) in [6.07, 6.45) is 11.5. The van der Waals surface area contributed by atoms with Crippen LogP contribution < -0.4 is 0 Å². The maximum absolute atomic E-state index is 12.6. The van der Waals surface area contributed by atoms with E-state index in [0.717, 1.165) is 76.2 Å². The molecular weight excluding hydrogens is 580 g/mol. The average molecular weight is 649 g/mol. The number of fused-ring (bicyclic) bond motifs is 1. The highest BCUT2D eigenvalue weighted by Gasteiger charge is 2.65. The normalized spacial score (nSPS) is 39.3. The third-order valence-electron chi connectivity index (χ3n) is 13.4. The number of hydrogen-bond donors (Lipinski definition) is 2. The third kappa shape index (κ3) is 7.29. The van der Waals surface area contributed by atoms with Gasteiger partial charge in [-0.3, -0.25) is 0 Å². The zero-order valence-corrected chi connectivity index (χ0v) is 30.9. The summed E-state index contributed by atoms with van der Waals surface area (Å²) in [5.74, 6) is 0.606. The highest BCUT2D eigenvalue weighted by atomic mass is 16.6. The Morgan fingerprint density at radius 1 is 1.11 bits per heavy atom. The van der Waals surface area contributed by atoms with Crippen molar-refractivity contribution in [1.82, 2.24) is 0 Å². The molecule has 4 rings (SSSR count). The van der Waals surface area contributed by atoms with Crippen LogP contribution in [0, 0.1) is 28.6 Å². The van der Waals surface area contributed by atoms with E-state index in [0.29, 0.717) is 18.9 Å². The lowest BCUT2D eigenvalue weighted by Gasteiger charge is -2.58. The number of ether oxygens (including phenoxy) is 4. The van der Waals surface area contributed by atoms with E-state index in [2.05, 4.69) is 55.4 Å². The molecule has 3 fully saturated rings. The van der Waals surface area contributed by atoms with Gasteiger partial charge in [-0.1, -0.05) is 54.9 Å². The van der Waals surface area contributed by atoms with E-state index in [1.54, 1.807) is 6.08 Å². The standard InChI is InChI=1S/C39H68O7/c1-11-15-31-30(17-20-37(9)29(18-21-39(31,37)42)27-22-34(41)43-24-27)36(7,8)19-16-28(13-3)46-38(10,14-4)33-23-32(40)35(26(6)45-33)44-25(5)12-2/h22,25-26,28-33,35,40,42H,11-21,23-24H2,1-10H3/t25?,26?,28-,29-,30?,31?,32-,33-,35-,37-,38?,39+/m1/s1. The van der Waals surface area contributed by atoms with Crippen LogP contribution in [0.25, 0.3) is 0 Å². The first-order valence-corrected chi connectivity index (χ1v) is 18.8. The lowest BCUT2D eigenvalue weighted by molar-refractivity contribution is -0.249. The molecule has 0 bridgehead atoms. The van der Waals surface area contributed by atoms with Crippen molar-refractivity contribution in [2.24, 2.45) is 28.6 Å². The van der Waals surface area contributed by atoms with Crippen molar-refractivity contribution < 1.29 is 34.0 Å². The minimum Gasteiger partial charge on any atom is -0.458 e. The van der Waals surface area contributed by atoms with E-state index in [1.165, 1.54) is 0 Å². The molecule has 266 valence electrons. The van der Waals surface area contributed by atoms with E-state index >= 15 is 0 Å². The fourth-order valence-corrected chi connectivity index (χ4v) is 9.98. The molecule has 46 heavy (non-hydrogen) atoms. The number of cyclic esters (lactones) is 1. The van der Waals surface area contributed by atoms with Gasteiger partial charge < -0.3 is 29.2 Å². The minimum absolute atomic E-state index is 0.0344. The van der Waals surface area contributed by atoms with Gasteiger partial charge in [0, 0.05) is 17.9 Å². The number of esters is 1. The first kappa shape index (κ1) is 37.8. The van der Waals surface area contributed by atoms with Crippen molar-refractivity contribution in [3.63, 3.8) is 0 Å². The van der Waals surface area contributed by atoms with E-state index in [1.807, 2.05) is 13.8 Å². The van der Waals surface area contributed by atoms with Crippen molar-refractivity contribution in [2.75, 3.05) is 6.61 Å². The molecule has 0 aromatic carbocycles. The van der Waals surface area contributed by atoms with Gasteiger partial charge in [0.1, 0.15) is 12.7 Å². The van der Waals surface area contributed by atoms with Gasteiger partial charge >= 0.3 is 5.97 Å². The Labute approximate surface area is 280 Å². The van der Waals surface area contributed by atoms with Crippen molar-refractivity contribution in [2.45, 2.75) is 194 Å². The Bertz CT molecular complexity index is 1040. The summed E-state index contributed by atoms with van der Waals surface area (Å²) in [4.78, 5) is 11.9. The quantitative estimate of drug-likeness (QED) is 0.174. The second-order valence-electron chi connectivity index (χ2n) is 16.6. The van der Waals surface area contributed by atoms with E-state index < -0.39 is 17.3 Å². The highest BCUT2D eigenvalue weighted by molar-refractivity contribution is 5.85. The zero-order valence-electron chi connectivity index (χ0n) is 30.9. The molecule has 7 nitrogen and oxygen atoms in total. The number of carbonyl (C=O) groups is 1. The average Bonchev–Trinajstić information content (AvgIpc) is 3.56. The predicted octanol–water partition coefficient (Wildman–Crippen LogP) is 7.94. The molecule has 4 aliphatic rings. The smallest absolute Gasteiger partial charge is 0.331 e. The summed E-state index contributed by atoms with van der Waals surface area (Å²) < 4.78 is 25.0. The molecule has 2 aliphatic carbocycles. The lowest BCUT2D eigenvalue weighted by atomic mass is 9.49. The maximum atomic E-state index is 12.6. The van der Waals surface area contributed by atoms with Crippen molar-refractivity contribution in [3.05, 3.63) is 11.6 Å². The van der Waals surface area contributed by atoms with Crippen LogP contribution in [0.5, 0.6) is 0 Å². The first-order valence-electron chi connectivity index (χ1n) is 18.8. The zero-order chi connectivity index (χ0) is 34.1. The van der Waals surface area contributed by atoms with Crippen LogP contribution in [0.3, 0.4) is 0 Å². The van der Waals surface area contributed by atoms with Crippen molar-refractivity contribution >= 4 is 5.97 Å². The van der Waals surface area contributed by atoms with Gasteiger partial charge in [-0.25, -0.2) is 4.79 Å². The monoisotopic (exact) mass is 648 g/mol. The van der Waals surface area contributed by atoms with E-state index in [9.17, 15) is 15.0 Å². The van der Waals surface area contributed by atoms with Gasteiger partial charge in [0.15, 0.2) is 0 Å². The molecule has 2 heterocycles. The Hall–Kier alpha value is -0.990. The van der Waals surface area contributed by atoms with Crippen LogP contribution in [0.4, 0.5) is 0 Å². The van der Waals surface area contributed by atoms with Crippen LogP contribution in [-0.4, -0.2) is 70.6 Å².